The molecule has 0 spiro atoms. The standard InChI is InChI=1S/C21H25N3O2/c1-20(2)17(21(20,3)4)18(25)22-23-19(26)24(15-11-7-5-8-12-15)16-13-9-6-10-14-16/h5-14,17H,1-4H3,(H,22,25)(H,23,26). The fraction of sp³-hybridized carbons (Fsp3) is 0.333. The van der Waals surface area contributed by atoms with E-state index in [0.29, 0.717) is 0 Å². The monoisotopic (exact) mass is 351 g/mol. The second-order valence-corrected chi connectivity index (χ2v) is 7.80. The molecule has 1 fully saturated rings. The van der Waals surface area contributed by atoms with E-state index in [-0.39, 0.29) is 22.7 Å². The van der Waals surface area contributed by atoms with E-state index in [1.807, 2.05) is 60.7 Å². The van der Waals surface area contributed by atoms with Crippen molar-refractivity contribution in [1.29, 1.82) is 0 Å². The van der Waals surface area contributed by atoms with Gasteiger partial charge in [-0.15, -0.1) is 0 Å². The number of carbonyl (C=O) groups is 2. The number of nitrogens with one attached hydrogen (secondary N) is 2. The fourth-order valence-corrected chi connectivity index (χ4v) is 3.63. The minimum atomic E-state index is -0.410. The van der Waals surface area contributed by atoms with Gasteiger partial charge in [0.1, 0.15) is 0 Å². The van der Waals surface area contributed by atoms with Gasteiger partial charge in [0, 0.05) is 0 Å². The molecule has 1 aliphatic rings. The summed E-state index contributed by atoms with van der Waals surface area (Å²) in [6, 6.07) is 18.2. The summed E-state index contributed by atoms with van der Waals surface area (Å²) in [4.78, 5) is 26.8. The van der Waals surface area contributed by atoms with E-state index >= 15 is 0 Å². The van der Waals surface area contributed by atoms with Crippen LogP contribution in [-0.2, 0) is 4.79 Å². The van der Waals surface area contributed by atoms with Crippen LogP contribution in [-0.4, -0.2) is 11.9 Å². The second kappa shape index (κ2) is 6.48. The van der Waals surface area contributed by atoms with E-state index in [1.165, 1.54) is 4.90 Å². The van der Waals surface area contributed by atoms with Crippen LogP contribution in [0.5, 0.6) is 0 Å². The van der Waals surface area contributed by atoms with Crippen LogP contribution in [0.2, 0.25) is 0 Å². The molecule has 2 N–H and O–H groups in total. The van der Waals surface area contributed by atoms with Crippen molar-refractivity contribution in [3.8, 4) is 0 Å². The van der Waals surface area contributed by atoms with Gasteiger partial charge in [0.05, 0.1) is 17.3 Å². The number of amides is 3. The number of hydrogen-bond acceptors (Lipinski definition) is 2. The third-order valence-corrected chi connectivity index (χ3v) is 5.81. The molecule has 0 atom stereocenters. The quantitative estimate of drug-likeness (QED) is 0.812. The molecule has 3 amide bonds. The molecular formula is C21H25N3O2. The number of hydrogen-bond donors (Lipinski definition) is 2. The zero-order valence-electron chi connectivity index (χ0n) is 15.6. The highest BCUT2D eigenvalue weighted by Crippen LogP contribution is 2.68. The molecule has 0 heterocycles. The Morgan fingerprint density at radius 2 is 1.19 bits per heavy atom. The van der Waals surface area contributed by atoms with Crippen LogP contribution < -0.4 is 15.8 Å². The molecular weight excluding hydrogens is 326 g/mol. The molecule has 2 aromatic rings. The SMILES string of the molecule is CC1(C)C(C(=O)NNC(=O)N(c2ccccc2)c2ccccc2)C1(C)C. The minimum Gasteiger partial charge on any atom is -0.273 e. The highest BCUT2D eigenvalue weighted by Gasteiger charge is 2.68. The zero-order valence-corrected chi connectivity index (χ0v) is 15.6. The van der Waals surface area contributed by atoms with Gasteiger partial charge in [-0.25, -0.2) is 10.2 Å². The van der Waals surface area contributed by atoms with E-state index in [0.717, 1.165) is 11.4 Å². The topological polar surface area (TPSA) is 61.4 Å². The summed E-state index contributed by atoms with van der Waals surface area (Å²) in [7, 11) is 0. The molecule has 5 nitrogen and oxygen atoms in total. The maximum atomic E-state index is 12.8. The summed E-state index contributed by atoms with van der Waals surface area (Å²) >= 11 is 0. The number of rotatable bonds is 3. The Kier molecular flexibility index (Phi) is 4.48. The summed E-state index contributed by atoms with van der Waals surface area (Å²) in [5.41, 5.74) is 6.43. The maximum absolute atomic E-state index is 12.8. The maximum Gasteiger partial charge on any atom is 0.345 e. The number of hydrazine groups is 1. The average molecular weight is 351 g/mol. The lowest BCUT2D eigenvalue weighted by Crippen LogP contribution is -2.48. The number of benzene rings is 2. The van der Waals surface area contributed by atoms with E-state index < -0.39 is 6.03 Å². The van der Waals surface area contributed by atoms with E-state index in [9.17, 15) is 9.59 Å². The second-order valence-electron chi connectivity index (χ2n) is 7.80. The first-order valence-corrected chi connectivity index (χ1v) is 8.77. The third-order valence-electron chi connectivity index (χ3n) is 5.81. The van der Waals surface area contributed by atoms with Crippen molar-refractivity contribution in [3.63, 3.8) is 0 Å². The molecule has 0 aromatic heterocycles. The molecule has 0 bridgehead atoms. The molecule has 1 aliphatic carbocycles. The summed E-state index contributed by atoms with van der Waals surface area (Å²) in [6.45, 7) is 8.28. The van der Waals surface area contributed by atoms with Gasteiger partial charge in [-0.3, -0.25) is 15.1 Å². The van der Waals surface area contributed by atoms with Gasteiger partial charge >= 0.3 is 6.03 Å². The van der Waals surface area contributed by atoms with Crippen molar-refractivity contribution in [2.24, 2.45) is 16.7 Å². The van der Waals surface area contributed by atoms with Gasteiger partial charge < -0.3 is 0 Å². The third kappa shape index (κ3) is 3.05. The Balaban J connectivity index is 1.74. The van der Waals surface area contributed by atoms with Gasteiger partial charge in [-0.05, 0) is 35.1 Å². The first-order valence-electron chi connectivity index (χ1n) is 8.77. The van der Waals surface area contributed by atoms with Gasteiger partial charge in [-0.1, -0.05) is 64.1 Å². The normalized spacial score (nSPS) is 17.2. The first-order chi connectivity index (χ1) is 12.3. The van der Waals surface area contributed by atoms with Crippen LogP contribution in [0.1, 0.15) is 27.7 Å². The molecule has 136 valence electrons. The van der Waals surface area contributed by atoms with Crippen LogP contribution in [0.25, 0.3) is 0 Å². The molecule has 1 saturated carbocycles. The molecule has 0 aliphatic heterocycles. The van der Waals surface area contributed by atoms with Gasteiger partial charge in [0.15, 0.2) is 0 Å². The molecule has 0 radical (unpaired) electrons. The van der Waals surface area contributed by atoms with Crippen LogP contribution in [0.4, 0.5) is 16.2 Å². The Labute approximate surface area is 154 Å². The largest absolute Gasteiger partial charge is 0.345 e. The predicted octanol–water partition coefficient (Wildman–Crippen LogP) is 4.25. The molecule has 3 rings (SSSR count). The van der Waals surface area contributed by atoms with Crippen molar-refractivity contribution >= 4 is 23.3 Å². The van der Waals surface area contributed by atoms with E-state index in [1.54, 1.807) is 0 Å². The van der Waals surface area contributed by atoms with Crippen LogP contribution >= 0.6 is 0 Å². The van der Waals surface area contributed by atoms with Crippen molar-refractivity contribution in [1.82, 2.24) is 10.9 Å². The van der Waals surface area contributed by atoms with E-state index in [2.05, 4.69) is 38.5 Å². The predicted molar refractivity (Wildman–Crippen MR) is 103 cm³/mol. The number of anilines is 2. The van der Waals surface area contributed by atoms with Crippen molar-refractivity contribution < 1.29 is 9.59 Å². The van der Waals surface area contributed by atoms with Gasteiger partial charge in [0.25, 0.3) is 0 Å². The molecule has 5 heteroatoms. The molecule has 0 unspecified atom stereocenters. The van der Waals surface area contributed by atoms with Crippen LogP contribution in [0.3, 0.4) is 0 Å². The highest BCUT2D eigenvalue weighted by molar-refractivity contribution is 6.00. The number of urea groups is 1. The fourth-order valence-electron chi connectivity index (χ4n) is 3.63. The minimum absolute atomic E-state index is 0.0830. The summed E-state index contributed by atoms with van der Waals surface area (Å²) in [5.74, 6) is -0.286. The first kappa shape index (κ1) is 18.0. The van der Waals surface area contributed by atoms with Crippen LogP contribution in [0, 0.1) is 16.7 Å². The molecule has 0 saturated heterocycles. The lowest BCUT2D eigenvalue weighted by Gasteiger charge is -2.23. The zero-order chi connectivity index (χ0) is 18.9. The van der Waals surface area contributed by atoms with Crippen molar-refractivity contribution in [2.75, 3.05) is 4.90 Å². The average Bonchev–Trinajstić information content (AvgIpc) is 3.04. The number of nitrogens with zero attached hydrogens (tertiary/aromatic N) is 1. The highest BCUT2D eigenvalue weighted by atomic mass is 16.2. The molecule has 26 heavy (non-hydrogen) atoms. The Morgan fingerprint density at radius 1 is 0.769 bits per heavy atom. The summed E-state index contributed by atoms with van der Waals surface area (Å²) < 4.78 is 0. The lowest BCUT2D eigenvalue weighted by atomic mass is 10.0. The van der Waals surface area contributed by atoms with Gasteiger partial charge in [-0.2, -0.15) is 0 Å². The van der Waals surface area contributed by atoms with Gasteiger partial charge in [0.2, 0.25) is 5.91 Å². The lowest BCUT2D eigenvalue weighted by molar-refractivity contribution is -0.124. The summed E-state index contributed by atoms with van der Waals surface area (Å²) in [6.07, 6.45) is 0. The Hall–Kier alpha value is -2.82. The Morgan fingerprint density at radius 3 is 1.58 bits per heavy atom. The summed E-state index contributed by atoms with van der Waals surface area (Å²) in [5, 5.41) is 0. The Bertz CT molecular complexity index is 747. The smallest absolute Gasteiger partial charge is 0.273 e. The molecule has 2 aromatic carbocycles. The van der Waals surface area contributed by atoms with Crippen LogP contribution in [0.15, 0.2) is 60.7 Å². The number of para-hydroxylation sites is 2. The van der Waals surface area contributed by atoms with Crippen molar-refractivity contribution in [2.45, 2.75) is 27.7 Å². The van der Waals surface area contributed by atoms with Crippen molar-refractivity contribution in [3.05, 3.63) is 60.7 Å². The van der Waals surface area contributed by atoms with E-state index in [4.69, 9.17) is 0 Å². The number of carbonyl (C=O) groups excluding carboxylic acids is 2.